The molecule has 0 bridgehead atoms. The van der Waals surface area contributed by atoms with Crippen molar-refractivity contribution in [3.8, 4) is 11.5 Å². The lowest BCUT2D eigenvalue weighted by molar-refractivity contribution is 0.0471. The number of carbonyl (C=O) groups is 2. The molecule has 1 aliphatic carbocycles. The van der Waals surface area contributed by atoms with Gasteiger partial charge in [0.25, 0.3) is 0 Å². The first-order valence-electron chi connectivity index (χ1n) is 8.18. The maximum atomic E-state index is 12.4. The third-order valence-electron chi connectivity index (χ3n) is 4.46. The van der Waals surface area contributed by atoms with Gasteiger partial charge in [-0.05, 0) is 44.9 Å². The number of hydrogen-bond acceptors (Lipinski definition) is 5. The lowest BCUT2D eigenvalue weighted by Gasteiger charge is -2.09. The van der Waals surface area contributed by atoms with Crippen LogP contribution >= 0.6 is 0 Å². The number of aromatic nitrogens is 1. The van der Waals surface area contributed by atoms with Crippen LogP contribution in [0.1, 0.15) is 51.0 Å². The Kier molecular flexibility index (Phi) is 4.53. The molecule has 0 amide bonds. The first-order chi connectivity index (χ1) is 11.9. The molecule has 0 unspecified atom stereocenters. The minimum atomic E-state index is -0.746. The smallest absolute Gasteiger partial charge is 0.342 e. The molecule has 1 aliphatic rings. The molecule has 2 aromatic rings. The van der Waals surface area contributed by atoms with Gasteiger partial charge in [-0.15, -0.1) is 0 Å². The number of esters is 1. The van der Waals surface area contributed by atoms with Gasteiger partial charge in [0.1, 0.15) is 17.1 Å². The first-order valence-corrected chi connectivity index (χ1v) is 8.18. The fourth-order valence-electron chi connectivity index (χ4n) is 3.05. The third kappa shape index (κ3) is 3.38. The molecule has 1 aromatic carbocycles. The molecule has 1 N–H and O–H groups in total. The van der Waals surface area contributed by atoms with Crippen LogP contribution in [0.5, 0.6) is 11.5 Å². The molecule has 6 nitrogen and oxygen atoms in total. The van der Waals surface area contributed by atoms with Crippen molar-refractivity contribution in [2.45, 2.75) is 32.7 Å². The van der Waals surface area contributed by atoms with Gasteiger partial charge in [-0.25, -0.2) is 4.79 Å². The van der Waals surface area contributed by atoms with Crippen LogP contribution in [0.2, 0.25) is 0 Å². The summed E-state index contributed by atoms with van der Waals surface area (Å²) in [5.74, 6) is -0.813. The lowest BCUT2D eigenvalue weighted by Crippen LogP contribution is -2.15. The molecule has 1 fully saturated rings. The van der Waals surface area contributed by atoms with E-state index in [1.54, 1.807) is 6.07 Å². The highest BCUT2D eigenvalue weighted by molar-refractivity contribution is 6.01. The van der Waals surface area contributed by atoms with E-state index in [0.29, 0.717) is 17.4 Å². The molecule has 0 aliphatic heterocycles. The summed E-state index contributed by atoms with van der Waals surface area (Å²) in [5, 5.41) is 9.86. The van der Waals surface area contributed by atoms with Crippen molar-refractivity contribution in [1.29, 1.82) is 0 Å². The Balaban J connectivity index is 1.68. The predicted octanol–water partition coefficient (Wildman–Crippen LogP) is 3.19. The Hall–Kier alpha value is -2.76. The molecule has 3 rings (SSSR count). The number of aryl methyl sites for hydroxylation is 1. The highest BCUT2D eigenvalue weighted by Gasteiger charge is 2.28. The van der Waals surface area contributed by atoms with E-state index < -0.39 is 5.97 Å². The van der Waals surface area contributed by atoms with E-state index in [9.17, 15) is 14.7 Å². The topological polar surface area (TPSA) is 77.8 Å². The van der Waals surface area contributed by atoms with Crippen molar-refractivity contribution in [2.24, 2.45) is 0 Å². The number of hydrogen-bond donors (Lipinski definition) is 1. The summed E-state index contributed by atoms with van der Waals surface area (Å²) in [4.78, 5) is 24.5. The van der Waals surface area contributed by atoms with Gasteiger partial charge < -0.3 is 19.1 Å². The number of aromatic hydroxyl groups is 1. The standard InChI is InChI=1S/C19H21NO5/c1-11-8-16(12(2)20(11)13-4-5-13)18(22)10-25-19(23)15-7-6-14(24-3)9-17(15)21/h6-9,13,21H,4-5,10H2,1-3H3. The Bertz CT molecular complexity index is 833. The SMILES string of the molecule is COc1ccc(C(=O)OCC(=O)c2cc(C)n(C3CC3)c2C)c(O)c1. The fourth-order valence-corrected chi connectivity index (χ4v) is 3.05. The second-order valence-electron chi connectivity index (χ2n) is 6.27. The van der Waals surface area contributed by atoms with Crippen LogP contribution in [0, 0.1) is 13.8 Å². The molecule has 132 valence electrons. The van der Waals surface area contributed by atoms with Gasteiger partial charge in [0.2, 0.25) is 5.78 Å². The van der Waals surface area contributed by atoms with Gasteiger partial charge in [0, 0.05) is 29.1 Å². The van der Waals surface area contributed by atoms with Crippen molar-refractivity contribution in [3.05, 3.63) is 46.8 Å². The van der Waals surface area contributed by atoms with E-state index in [-0.39, 0.29) is 23.7 Å². The van der Waals surface area contributed by atoms with Crippen LogP contribution in [0.15, 0.2) is 24.3 Å². The molecule has 0 saturated heterocycles. The van der Waals surface area contributed by atoms with Crippen molar-refractivity contribution < 1.29 is 24.2 Å². The lowest BCUT2D eigenvalue weighted by atomic mass is 10.1. The van der Waals surface area contributed by atoms with Crippen LogP contribution in [-0.2, 0) is 4.74 Å². The van der Waals surface area contributed by atoms with Crippen molar-refractivity contribution >= 4 is 11.8 Å². The van der Waals surface area contributed by atoms with Crippen LogP contribution < -0.4 is 4.74 Å². The number of nitrogens with zero attached hydrogens (tertiary/aromatic N) is 1. The summed E-state index contributed by atoms with van der Waals surface area (Å²) in [6.45, 7) is 3.53. The van der Waals surface area contributed by atoms with Crippen molar-refractivity contribution in [1.82, 2.24) is 4.57 Å². The Morgan fingerprint density at radius 1 is 1.20 bits per heavy atom. The second-order valence-corrected chi connectivity index (χ2v) is 6.27. The summed E-state index contributed by atoms with van der Waals surface area (Å²) < 4.78 is 12.2. The average Bonchev–Trinajstić information content (AvgIpc) is 3.37. The molecule has 25 heavy (non-hydrogen) atoms. The number of rotatable bonds is 6. The minimum absolute atomic E-state index is 0.00273. The van der Waals surface area contributed by atoms with Gasteiger partial charge in [0.05, 0.1) is 7.11 Å². The van der Waals surface area contributed by atoms with Crippen LogP contribution in [0.25, 0.3) is 0 Å². The summed E-state index contributed by atoms with van der Waals surface area (Å²) in [7, 11) is 1.46. The van der Waals surface area contributed by atoms with Crippen molar-refractivity contribution in [2.75, 3.05) is 13.7 Å². The highest BCUT2D eigenvalue weighted by atomic mass is 16.5. The summed E-state index contributed by atoms with van der Waals surface area (Å²) in [5.41, 5.74) is 2.53. The van der Waals surface area contributed by atoms with E-state index >= 15 is 0 Å². The van der Waals surface area contributed by atoms with E-state index in [0.717, 1.165) is 24.2 Å². The van der Waals surface area contributed by atoms with E-state index in [4.69, 9.17) is 9.47 Å². The molecule has 1 aromatic heterocycles. The molecular formula is C19H21NO5. The maximum Gasteiger partial charge on any atom is 0.342 e. The predicted molar refractivity (Wildman–Crippen MR) is 91.4 cm³/mol. The maximum absolute atomic E-state index is 12.4. The molecule has 1 heterocycles. The monoisotopic (exact) mass is 343 g/mol. The number of phenolic OH excluding ortho intramolecular Hbond substituents is 1. The number of ether oxygens (including phenoxy) is 2. The number of ketones is 1. The number of Topliss-reactive ketones (excluding diaryl/α,β-unsaturated/α-hetero) is 1. The number of methoxy groups -OCH3 is 1. The summed E-state index contributed by atoms with van der Waals surface area (Å²) in [6, 6.07) is 6.60. The van der Waals surface area contributed by atoms with Crippen LogP contribution in [-0.4, -0.2) is 35.1 Å². The van der Waals surface area contributed by atoms with E-state index in [2.05, 4.69) is 4.57 Å². The largest absolute Gasteiger partial charge is 0.507 e. The minimum Gasteiger partial charge on any atom is -0.507 e. The zero-order valence-corrected chi connectivity index (χ0v) is 14.5. The fraction of sp³-hybridized carbons (Fsp3) is 0.368. The molecule has 1 saturated carbocycles. The summed E-state index contributed by atoms with van der Waals surface area (Å²) >= 11 is 0. The second kappa shape index (κ2) is 6.63. The quantitative estimate of drug-likeness (QED) is 0.644. The Morgan fingerprint density at radius 3 is 2.52 bits per heavy atom. The molecule has 0 spiro atoms. The van der Waals surface area contributed by atoms with Gasteiger partial charge in [-0.1, -0.05) is 0 Å². The van der Waals surface area contributed by atoms with Gasteiger partial charge >= 0.3 is 5.97 Å². The molecule has 0 radical (unpaired) electrons. The Morgan fingerprint density at radius 2 is 1.92 bits per heavy atom. The van der Waals surface area contributed by atoms with Crippen LogP contribution in [0.4, 0.5) is 0 Å². The highest BCUT2D eigenvalue weighted by Crippen LogP contribution is 2.38. The van der Waals surface area contributed by atoms with Crippen molar-refractivity contribution in [3.63, 3.8) is 0 Å². The number of phenols is 1. The van der Waals surface area contributed by atoms with Gasteiger partial charge in [0.15, 0.2) is 6.61 Å². The molecule has 6 heteroatoms. The third-order valence-corrected chi connectivity index (χ3v) is 4.46. The summed E-state index contributed by atoms with van der Waals surface area (Å²) in [6.07, 6.45) is 2.27. The normalized spacial score (nSPS) is 13.6. The van der Waals surface area contributed by atoms with E-state index in [1.807, 2.05) is 19.9 Å². The average molecular weight is 343 g/mol. The zero-order valence-electron chi connectivity index (χ0n) is 14.5. The van der Waals surface area contributed by atoms with Crippen LogP contribution in [0.3, 0.4) is 0 Å². The zero-order chi connectivity index (χ0) is 18.1. The Labute approximate surface area is 146 Å². The first kappa shape index (κ1) is 17.1. The van der Waals surface area contributed by atoms with Gasteiger partial charge in [-0.2, -0.15) is 0 Å². The molecule has 0 atom stereocenters. The van der Waals surface area contributed by atoms with E-state index in [1.165, 1.54) is 19.2 Å². The number of benzene rings is 1. The molecular weight excluding hydrogens is 322 g/mol. The number of carbonyl (C=O) groups excluding carboxylic acids is 2. The van der Waals surface area contributed by atoms with Gasteiger partial charge in [-0.3, -0.25) is 4.79 Å².